The third-order valence-electron chi connectivity index (χ3n) is 11.0. The number of rotatable bonds is 40. The van der Waals surface area contributed by atoms with Gasteiger partial charge in [-0.1, -0.05) is 160 Å². The first kappa shape index (κ1) is 50.8. The Balaban J connectivity index is 2.09. The number of nitrogens with zero attached hydrogens (tertiary/aromatic N) is 1. The van der Waals surface area contributed by atoms with Gasteiger partial charge in [-0.2, -0.15) is 0 Å². The van der Waals surface area contributed by atoms with E-state index in [9.17, 15) is 4.79 Å². The van der Waals surface area contributed by atoms with E-state index in [2.05, 4.69) is 51.1 Å². The van der Waals surface area contributed by atoms with E-state index in [1.54, 1.807) is 0 Å². The van der Waals surface area contributed by atoms with Gasteiger partial charge in [-0.15, -0.1) is 0 Å². The van der Waals surface area contributed by atoms with Crippen LogP contribution in [0.4, 0.5) is 0 Å². The number of carbonyl (C=O) groups is 1. The van der Waals surface area contributed by atoms with Gasteiger partial charge in [0.05, 0.1) is 19.3 Å². The number of unbranched alkanes of at least 4 members (excludes halogenated alkanes) is 19. The van der Waals surface area contributed by atoms with Gasteiger partial charge < -0.3 is 23.8 Å². The molecule has 0 saturated heterocycles. The number of hydrogen-bond donors (Lipinski definition) is 0. The van der Waals surface area contributed by atoms with Crippen LogP contribution in [0.15, 0.2) is 24.3 Å². The Morgan fingerprint density at radius 1 is 0.574 bits per heavy atom. The van der Waals surface area contributed by atoms with Crippen LogP contribution in [-0.2, 0) is 23.7 Å². The minimum atomic E-state index is -0.328. The molecule has 0 amide bonds. The highest BCUT2D eigenvalue weighted by molar-refractivity contribution is 5.69. The van der Waals surface area contributed by atoms with Crippen LogP contribution in [0.3, 0.4) is 0 Å². The van der Waals surface area contributed by atoms with E-state index in [1.807, 2.05) is 6.08 Å². The average molecular weight is 762 g/mol. The molecule has 6 nitrogen and oxygen atoms in total. The Morgan fingerprint density at radius 2 is 1.13 bits per heavy atom. The molecule has 54 heavy (non-hydrogen) atoms. The molecule has 6 heteroatoms. The molecule has 1 unspecified atom stereocenters. The molecule has 0 aromatic heterocycles. The predicted octanol–water partition coefficient (Wildman–Crippen LogP) is 13.9. The van der Waals surface area contributed by atoms with E-state index in [4.69, 9.17) is 18.9 Å². The number of allylic oxidation sites excluding steroid dienone is 2. The van der Waals surface area contributed by atoms with E-state index < -0.39 is 0 Å². The maximum absolute atomic E-state index is 12.0. The minimum Gasteiger partial charge on any atom is -0.461 e. The lowest BCUT2D eigenvalue weighted by atomic mass is 9.94. The molecule has 0 radical (unpaired) electrons. The zero-order chi connectivity index (χ0) is 39.1. The molecule has 1 fully saturated rings. The van der Waals surface area contributed by atoms with Crippen LogP contribution >= 0.6 is 0 Å². The van der Waals surface area contributed by atoms with Crippen molar-refractivity contribution in [3.05, 3.63) is 24.3 Å². The SMILES string of the molecule is CCCC/C=C\COC1(OCCCCCCCCCCC(CCCCCCCCCC(=O)OC/C=C\CCCCCC)OCCCN(C)C)CCCCC1. The summed E-state index contributed by atoms with van der Waals surface area (Å²) in [4.78, 5) is 14.2. The standard InChI is InChI=1S/C48H91NO5/c1-5-7-9-11-18-24-32-42-52-47(50)38-29-22-17-14-16-21-28-37-46(51-43-35-41-49(3)4)36-27-20-15-12-13-19-25-34-45-54-48(39-30-26-31-40-48)53-44-33-23-10-8-6-2/h23-24,32-33,46H,5-22,25-31,34-45H2,1-4H3/b32-24-,33-23-. The molecule has 0 aromatic rings. The molecule has 1 atom stereocenters. The molecule has 0 aromatic carbocycles. The third kappa shape index (κ3) is 33.0. The summed E-state index contributed by atoms with van der Waals surface area (Å²) in [5, 5.41) is 0. The van der Waals surface area contributed by atoms with Crippen molar-refractivity contribution in [1.82, 2.24) is 4.90 Å². The van der Waals surface area contributed by atoms with Crippen molar-refractivity contribution in [3.63, 3.8) is 0 Å². The minimum absolute atomic E-state index is 0.0469. The highest BCUT2D eigenvalue weighted by atomic mass is 16.7. The van der Waals surface area contributed by atoms with Crippen molar-refractivity contribution in [2.24, 2.45) is 0 Å². The van der Waals surface area contributed by atoms with Crippen molar-refractivity contribution >= 4 is 5.97 Å². The number of hydrogen-bond acceptors (Lipinski definition) is 6. The van der Waals surface area contributed by atoms with Crippen LogP contribution in [0.25, 0.3) is 0 Å². The molecule has 1 rings (SSSR count). The molecular formula is C48H91NO5. The van der Waals surface area contributed by atoms with Crippen molar-refractivity contribution in [3.8, 4) is 0 Å². The Kier molecular flexibility index (Phi) is 36.4. The molecule has 0 N–H and O–H groups in total. The lowest BCUT2D eigenvalue weighted by Gasteiger charge is -2.36. The number of ether oxygens (including phenoxy) is 4. The number of esters is 1. The van der Waals surface area contributed by atoms with E-state index >= 15 is 0 Å². The summed E-state index contributed by atoms with van der Waals surface area (Å²) in [6.45, 7) is 8.41. The van der Waals surface area contributed by atoms with E-state index in [0.29, 0.717) is 25.7 Å². The second kappa shape index (κ2) is 38.7. The van der Waals surface area contributed by atoms with Gasteiger partial charge in [-0.3, -0.25) is 4.79 Å². The fourth-order valence-electron chi connectivity index (χ4n) is 7.48. The van der Waals surface area contributed by atoms with Gasteiger partial charge in [0.25, 0.3) is 0 Å². The van der Waals surface area contributed by atoms with Crippen LogP contribution in [-0.4, -0.2) is 69.8 Å². The molecule has 1 aliphatic carbocycles. The quantitative estimate of drug-likeness (QED) is 0.0268. The van der Waals surface area contributed by atoms with Crippen LogP contribution < -0.4 is 0 Å². The highest BCUT2D eigenvalue weighted by Crippen LogP contribution is 2.33. The molecule has 318 valence electrons. The largest absolute Gasteiger partial charge is 0.461 e. The van der Waals surface area contributed by atoms with E-state index in [-0.39, 0.29) is 11.8 Å². The van der Waals surface area contributed by atoms with Crippen molar-refractivity contribution in [2.75, 3.05) is 47.1 Å². The van der Waals surface area contributed by atoms with Gasteiger partial charge in [-0.25, -0.2) is 0 Å². The first-order valence-electron chi connectivity index (χ1n) is 23.5. The molecular weight excluding hydrogens is 671 g/mol. The fourth-order valence-corrected chi connectivity index (χ4v) is 7.48. The van der Waals surface area contributed by atoms with E-state index in [1.165, 1.54) is 148 Å². The van der Waals surface area contributed by atoms with Crippen LogP contribution in [0.5, 0.6) is 0 Å². The van der Waals surface area contributed by atoms with Gasteiger partial charge in [0.2, 0.25) is 0 Å². The van der Waals surface area contributed by atoms with Crippen molar-refractivity contribution in [2.45, 2.75) is 231 Å². The summed E-state index contributed by atoms with van der Waals surface area (Å²) in [6.07, 6.45) is 47.7. The zero-order valence-electron chi connectivity index (χ0n) is 36.5. The second-order valence-corrected chi connectivity index (χ2v) is 16.5. The van der Waals surface area contributed by atoms with Crippen LogP contribution in [0.1, 0.15) is 219 Å². The zero-order valence-corrected chi connectivity index (χ0v) is 36.5. The molecule has 1 aliphatic rings. The maximum Gasteiger partial charge on any atom is 0.306 e. The normalized spacial score (nSPS) is 15.2. The molecule has 0 bridgehead atoms. The summed E-state index contributed by atoms with van der Waals surface area (Å²) >= 11 is 0. The molecule has 0 aliphatic heterocycles. The predicted molar refractivity (Wildman–Crippen MR) is 231 cm³/mol. The summed E-state index contributed by atoms with van der Waals surface area (Å²) in [5.41, 5.74) is 0. The summed E-state index contributed by atoms with van der Waals surface area (Å²) in [6, 6.07) is 0. The smallest absolute Gasteiger partial charge is 0.306 e. The molecule has 0 spiro atoms. The van der Waals surface area contributed by atoms with Crippen molar-refractivity contribution in [1.29, 1.82) is 0 Å². The molecule has 1 saturated carbocycles. The van der Waals surface area contributed by atoms with Crippen LogP contribution in [0, 0.1) is 0 Å². The average Bonchev–Trinajstić information content (AvgIpc) is 3.17. The Hall–Kier alpha value is -1.21. The summed E-state index contributed by atoms with van der Waals surface area (Å²) in [5.74, 6) is -0.375. The summed E-state index contributed by atoms with van der Waals surface area (Å²) < 4.78 is 24.5. The van der Waals surface area contributed by atoms with E-state index in [0.717, 1.165) is 71.1 Å². The monoisotopic (exact) mass is 762 g/mol. The van der Waals surface area contributed by atoms with Gasteiger partial charge in [0, 0.05) is 25.9 Å². The Bertz CT molecular complexity index is 852. The van der Waals surface area contributed by atoms with Gasteiger partial charge in [0.15, 0.2) is 5.79 Å². The highest BCUT2D eigenvalue weighted by Gasteiger charge is 2.33. The number of carbonyl (C=O) groups excluding carboxylic acids is 1. The van der Waals surface area contributed by atoms with Crippen LogP contribution in [0.2, 0.25) is 0 Å². The second-order valence-electron chi connectivity index (χ2n) is 16.5. The van der Waals surface area contributed by atoms with Gasteiger partial charge in [-0.05, 0) is 84.8 Å². The third-order valence-corrected chi connectivity index (χ3v) is 11.0. The van der Waals surface area contributed by atoms with Gasteiger partial charge in [0.1, 0.15) is 6.61 Å². The Morgan fingerprint density at radius 3 is 1.76 bits per heavy atom. The topological polar surface area (TPSA) is 57.2 Å². The first-order valence-corrected chi connectivity index (χ1v) is 23.5. The lowest BCUT2D eigenvalue weighted by Crippen LogP contribution is -2.38. The first-order chi connectivity index (χ1) is 26.5. The Labute approximate surface area is 336 Å². The van der Waals surface area contributed by atoms with Crippen molar-refractivity contribution < 1.29 is 23.7 Å². The molecule has 0 heterocycles. The van der Waals surface area contributed by atoms with Gasteiger partial charge >= 0.3 is 5.97 Å². The maximum atomic E-state index is 12.0. The lowest BCUT2D eigenvalue weighted by molar-refractivity contribution is -0.247. The fraction of sp³-hybridized carbons (Fsp3) is 0.896. The summed E-state index contributed by atoms with van der Waals surface area (Å²) in [7, 11) is 4.29.